The van der Waals surface area contributed by atoms with Crippen molar-refractivity contribution in [3.05, 3.63) is 35.4 Å². The number of benzene rings is 1. The summed E-state index contributed by atoms with van der Waals surface area (Å²) in [6, 6.07) is 7.70. The molecule has 0 bridgehead atoms. The number of hydrogen-bond donors (Lipinski definition) is 1. The summed E-state index contributed by atoms with van der Waals surface area (Å²) in [5.41, 5.74) is 7.51. The summed E-state index contributed by atoms with van der Waals surface area (Å²) in [6.45, 7) is 2.01. The van der Waals surface area contributed by atoms with E-state index in [0.29, 0.717) is 5.84 Å². The normalized spacial score (nSPS) is 11.6. The Labute approximate surface area is 70.8 Å². The van der Waals surface area contributed by atoms with Gasteiger partial charge in [0.15, 0.2) is 0 Å². The second-order valence-corrected chi connectivity index (χ2v) is 2.50. The van der Waals surface area contributed by atoms with Gasteiger partial charge < -0.3 is 5.73 Å². The monoisotopic (exact) mass is 168 g/mol. The lowest BCUT2D eigenvalue weighted by atomic mass is 10.1. The standard InChI is InChI=1S/C8H9ClN2/c1-6-2-4-7(5-3-6)8(10)11-9/h2-5H,1H3,(H2,10,11). The predicted octanol–water partition coefficient (Wildman–Crippen LogP) is 1.85. The molecule has 11 heavy (non-hydrogen) atoms. The minimum Gasteiger partial charge on any atom is -0.382 e. The molecular weight excluding hydrogens is 160 g/mol. The average molecular weight is 169 g/mol. The number of hydrogen-bond acceptors (Lipinski definition) is 1. The Morgan fingerprint density at radius 3 is 2.36 bits per heavy atom. The number of nitrogens with zero attached hydrogens (tertiary/aromatic N) is 1. The molecule has 0 heterocycles. The smallest absolute Gasteiger partial charge is 0.145 e. The van der Waals surface area contributed by atoms with E-state index in [4.69, 9.17) is 17.5 Å². The Morgan fingerprint density at radius 2 is 1.91 bits per heavy atom. The molecule has 0 radical (unpaired) electrons. The Morgan fingerprint density at radius 1 is 1.36 bits per heavy atom. The van der Waals surface area contributed by atoms with Crippen LogP contribution in [0.1, 0.15) is 11.1 Å². The first-order valence-electron chi connectivity index (χ1n) is 3.25. The summed E-state index contributed by atoms with van der Waals surface area (Å²) < 4.78 is 3.36. The van der Waals surface area contributed by atoms with E-state index in [1.54, 1.807) is 0 Å². The minimum absolute atomic E-state index is 0.353. The van der Waals surface area contributed by atoms with Gasteiger partial charge in [0.1, 0.15) is 5.84 Å². The van der Waals surface area contributed by atoms with E-state index in [9.17, 15) is 0 Å². The summed E-state index contributed by atoms with van der Waals surface area (Å²) in [7, 11) is 0. The Kier molecular flexibility index (Phi) is 2.49. The molecule has 58 valence electrons. The molecule has 0 aliphatic heterocycles. The Hall–Kier alpha value is -1.02. The highest BCUT2D eigenvalue weighted by atomic mass is 35.5. The molecule has 2 N–H and O–H groups in total. The molecule has 2 nitrogen and oxygen atoms in total. The molecular formula is C8H9ClN2. The highest BCUT2D eigenvalue weighted by Crippen LogP contribution is 2.02. The van der Waals surface area contributed by atoms with Crippen LogP contribution in [0, 0.1) is 6.92 Å². The number of amidine groups is 1. The maximum absolute atomic E-state index is 5.46. The second kappa shape index (κ2) is 3.39. The molecule has 1 rings (SSSR count). The van der Waals surface area contributed by atoms with Gasteiger partial charge >= 0.3 is 0 Å². The lowest BCUT2D eigenvalue weighted by Gasteiger charge is -1.97. The van der Waals surface area contributed by atoms with Gasteiger partial charge in [0.25, 0.3) is 0 Å². The number of nitrogens with two attached hydrogens (primary N) is 1. The quantitative estimate of drug-likeness (QED) is 0.505. The van der Waals surface area contributed by atoms with Crippen LogP contribution in [0.4, 0.5) is 0 Å². The number of rotatable bonds is 1. The van der Waals surface area contributed by atoms with Crippen LogP contribution < -0.4 is 5.73 Å². The highest BCUT2D eigenvalue weighted by molar-refractivity contribution is 6.22. The first-order valence-corrected chi connectivity index (χ1v) is 3.59. The first-order chi connectivity index (χ1) is 5.24. The molecule has 0 aliphatic carbocycles. The zero-order valence-corrected chi connectivity index (χ0v) is 6.97. The van der Waals surface area contributed by atoms with Crippen molar-refractivity contribution in [2.24, 2.45) is 10.2 Å². The van der Waals surface area contributed by atoms with E-state index in [1.807, 2.05) is 31.2 Å². The van der Waals surface area contributed by atoms with E-state index >= 15 is 0 Å². The molecule has 0 aliphatic rings. The molecule has 3 heteroatoms. The molecule has 1 aromatic rings. The molecule has 0 fully saturated rings. The van der Waals surface area contributed by atoms with Gasteiger partial charge in [-0.1, -0.05) is 29.8 Å². The van der Waals surface area contributed by atoms with Crippen LogP contribution in [0.3, 0.4) is 0 Å². The molecule has 0 spiro atoms. The SMILES string of the molecule is Cc1ccc(/C(N)=N\Cl)cc1. The van der Waals surface area contributed by atoms with Crippen LogP contribution in [-0.2, 0) is 0 Å². The zero-order chi connectivity index (χ0) is 8.27. The van der Waals surface area contributed by atoms with Crippen LogP contribution in [-0.4, -0.2) is 5.84 Å². The van der Waals surface area contributed by atoms with Gasteiger partial charge in [-0.15, -0.1) is 0 Å². The molecule has 0 aromatic heterocycles. The van der Waals surface area contributed by atoms with Crippen LogP contribution >= 0.6 is 11.8 Å². The number of aryl methyl sites for hydroxylation is 1. The van der Waals surface area contributed by atoms with E-state index < -0.39 is 0 Å². The van der Waals surface area contributed by atoms with Gasteiger partial charge in [0, 0.05) is 17.3 Å². The third-order valence-corrected chi connectivity index (χ3v) is 1.62. The largest absolute Gasteiger partial charge is 0.382 e. The minimum atomic E-state index is 0.353. The van der Waals surface area contributed by atoms with Crippen LogP contribution in [0.15, 0.2) is 28.8 Å². The topological polar surface area (TPSA) is 38.4 Å². The molecule has 1 aromatic carbocycles. The van der Waals surface area contributed by atoms with Crippen molar-refractivity contribution < 1.29 is 0 Å². The maximum Gasteiger partial charge on any atom is 0.145 e. The van der Waals surface area contributed by atoms with Gasteiger partial charge in [-0.25, -0.2) is 0 Å². The summed E-state index contributed by atoms with van der Waals surface area (Å²) >= 11 is 5.19. The highest BCUT2D eigenvalue weighted by Gasteiger charge is 1.94. The maximum atomic E-state index is 5.46. The van der Waals surface area contributed by atoms with Crippen molar-refractivity contribution >= 4 is 17.6 Å². The van der Waals surface area contributed by atoms with Gasteiger partial charge in [-0.2, -0.15) is 4.51 Å². The fraction of sp³-hybridized carbons (Fsp3) is 0.125. The lowest BCUT2D eigenvalue weighted by molar-refractivity contribution is 1.45. The lowest BCUT2D eigenvalue weighted by Crippen LogP contribution is -2.11. The Balaban J connectivity index is 2.99. The Bertz CT molecular complexity index is 264. The van der Waals surface area contributed by atoms with E-state index in [0.717, 1.165) is 5.56 Å². The van der Waals surface area contributed by atoms with Crippen molar-refractivity contribution in [3.63, 3.8) is 0 Å². The van der Waals surface area contributed by atoms with Crippen molar-refractivity contribution in [1.82, 2.24) is 0 Å². The fourth-order valence-corrected chi connectivity index (χ4v) is 0.871. The second-order valence-electron chi connectivity index (χ2n) is 2.34. The molecule has 0 saturated carbocycles. The van der Waals surface area contributed by atoms with E-state index in [-0.39, 0.29) is 0 Å². The van der Waals surface area contributed by atoms with Crippen LogP contribution in [0.5, 0.6) is 0 Å². The zero-order valence-electron chi connectivity index (χ0n) is 6.21. The fourth-order valence-electron chi connectivity index (χ4n) is 0.773. The van der Waals surface area contributed by atoms with Gasteiger partial charge in [0.2, 0.25) is 0 Å². The van der Waals surface area contributed by atoms with Gasteiger partial charge in [0.05, 0.1) is 0 Å². The van der Waals surface area contributed by atoms with E-state index in [1.165, 1.54) is 5.56 Å². The van der Waals surface area contributed by atoms with Gasteiger partial charge in [-0.3, -0.25) is 0 Å². The van der Waals surface area contributed by atoms with Crippen molar-refractivity contribution in [3.8, 4) is 0 Å². The third-order valence-electron chi connectivity index (χ3n) is 1.44. The summed E-state index contributed by atoms with van der Waals surface area (Å²) in [5, 5.41) is 0. The van der Waals surface area contributed by atoms with Crippen molar-refractivity contribution in [2.75, 3.05) is 0 Å². The number of halogens is 1. The first kappa shape index (κ1) is 8.08. The molecule has 0 amide bonds. The van der Waals surface area contributed by atoms with Crippen LogP contribution in [0.25, 0.3) is 0 Å². The average Bonchev–Trinajstić information content (AvgIpc) is 2.05. The molecule has 0 unspecified atom stereocenters. The summed E-state index contributed by atoms with van der Waals surface area (Å²) in [5.74, 6) is 0.353. The molecule has 0 saturated heterocycles. The van der Waals surface area contributed by atoms with E-state index in [2.05, 4.69) is 4.51 Å². The predicted molar refractivity (Wildman–Crippen MR) is 47.8 cm³/mol. The van der Waals surface area contributed by atoms with Gasteiger partial charge in [-0.05, 0) is 6.92 Å². The summed E-state index contributed by atoms with van der Waals surface area (Å²) in [6.07, 6.45) is 0. The van der Waals surface area contributed by atoms with Crippen molar-refractivity contribution in [1.29, 1.82) is 0 Å². The van der Waals surface area contributed by atoms with Crippen molar-refractivity contribution in [2.45, 2.75) is 6.92 Å². The van der Waals surface area contributed by atoms with Crippen LogP contribution in [0.2, 0.25) is 0 Å². The third kappa shape index (κ3) is 1.95. The molecule has 0 atom stereocenters. The summed E-state index contributed by atoms with van der Waals surface area (Å²) in [4.78, 5) is 0.